The van der Waals surface area contributed by atoms with Crippen LogP contribution in [0, 0.1) is 5.92 Å². The third kappa shape index (κ3) is 4.16. The van der Waals surface area contributed by atoms with Crippen molar-refractivity contribution in [2.75, 3.05) is 40.5 Å². The van der Waals surface area contributed by atoms with E-state index in [2.05, 4.69) is 39.4 Å². The predicted molar refractivity (Wildman–Crippen MR) is 128 cm³/mol. The predicted octanol–water partition coefficient (Wildman–Crippen LogP) is 3.93. The Hall–Kier alpha value is -2.41. The van der Waals surface area contributed by atoms with E-state index in [-0.39, 0.29) is 18.7 Å². The van der Waals surface area contributed by atoms with Crippen LogP contribution in [0.1, 0.15) is 42.0 Å². The number of hydrogen-bond donors (Lipinski definition) is 1. The van der Waals surface area contributed by atoms with Gasteiger partial charge >= 0.3 is 6.03 Å². The minimum absolute atomic E-state index is 0.0648. The smallest absolute Gasteiger partial charge is 0.320 e. The first-order valence-corrected chi connectivity index (χ1v) is 12.2. The van der Waals surface area contributed by atoms with Crippen LogP contribution in [0.4, 0.5) is 4.79 Å². The number of nitrogens with zero attached hydrogens (tertiary/aromatic N) is 2. The average molecular weight is 450 g/mol. The number of amides is 2. The zero-order valence-corrected chi connectivity index (χ0v) is 19.7. The van der Waals surface area contributed by atoms with E-state index >= 15 is 0 Å². The quantitative estimate of drug-likeness (QED) is 0.703. The van der Waals surface area contributed by atoms with Crippen LogP contribution in [-0.4, -0.2) is 62.3 Å². The van der Waals surface area contributed by atoms with Crippen molar-refractivity contribution in [1.29, 1.82) is 0 Å². The minimum atomic E-state index is -1.02. The van der Waals surface area contributed by atoms with Crippen LogP contribution >= 0.6 is 0 Å². The first-order chi connectivity index (χ1) is 16.1. The molecule has 0 saturated carbocycles. The van der Waals surface area contributed by atoms with E-state index in [9.17, 15) is 4.79 Å². The minimum Gasteiger partial charge on any atom is -0.379 e. The number of benzene rings is 2. The van der Waals surface area contributed by atoms with Crippen molar-refractivity contribution in [3.63, 3.8) is 0 Å². The summed E-state index contributed by atoms with van der Waals surface area (Å²) in [6.07, 6.45) is 4.34. The Morgan fingerprint density at radius 1 is 1.09 bits per heavy atom. The van der Waals surface area contributed by atoms with Gasteiger partial charge in [0.1, 0.15) is 0 Å². The van der Waals surface area contributed by atoms with E-state index in [0.29, 0.717) is 12.0 Å². The number of piperidine rings is 2. The highest BCUT2D eigenvalue weighted by Crippen LogP contribution is 2.43. The number of urea groups is 1. The number of fused-ring (bicyclic) bond motifs is 4. The van der Waals surface area contributed by atoms with Crippen LogP contribution in [0.15, 0.2) is 54.6 Å². The number of carbonyl (C=O) groups excluding carboxylic acids is 1. The van der Waals surface area contributed by atoms with E-state index < -0.39 is 5.72 Å². The summed E-state index contributed by atoms with van der Waals surface area (Å²) in [5.74, 6) is 0.516. The lowest BCUT2D eigenvalue weighted by Crippen LogP contribution is -2.62. The molecule has 0 spiro atoms. The molecule has 5 rings (SSSR count). The molecule has 0 bridgehead atoms. The molecule has 2 aromatic rings. The molecular weight excluding hydrogens is 414 g/mol. The van der Waals surface area contributed by atoms with Crippen molar-refractivity contribution in [2.45, 2.75) is 43.5 Å². The van der Waals surface area contributed by atoms with Crippen molar-refractivity contribution in [3.8, 4) is 0 Å². The number of nitrogens with one attached hydrogen (secondary N) is 1. The molecule has 0 radical (unpaired) electrons. The molecule has 3 aliphatic heterocycles. The average Bonchev–Trinajstić information content (AvgIpc) is 2.87. The number of hydrogen-bond acceptors (Lipinski definition) is 4. The molecule has 2 saturated heterocycles. The molecule has 0 aromatic heterocycles. The molecule has 2 fully saturated rings. The van der Waals surface area contributed by atoms with Gasteiger partial charge in [-0.2, -0.15) is 0 Å². The molecule has 6 nitrogen and oxygen atoms in total. The van der Waals surface area contributed by atoms with Crippen molar-refractivity contribution < 1.29 is 14.3 Å². The van der Waals surface area contributed by atoms with Gasteiger partial charge in [-0.3, -0.25) is 4.90 Å². The lowest BCUT2D eigenvalue weighted by Gasteiger charge is -2.52. The van der Waals surface area contributed by atoms with Gasteiger partial charge in [0.05, 0.1) is 6.61 Å². The standard InChI is InChI=1S/C27H35N3O3/c1-32-19-27(33-2,22-11-4-3-5-12-22)28-26(31)30-15-8-10-21-18-29-16-14-20-9-6-7-13-23(20)25(29)17-24(21)30/h3-7,9,11-13,21,24-25H,8,10,14-19H2,1-2H3,(H,28,31)/t21-,24-,25-,27+/m1/s1. The van der Waals surface area contributed by atoms with Crippen molar-refractivity contribution >= 4 is 6.03 Å². The maximum absolute atomic E-state index is 13.7. The fourth-order valence-corrected chi connectivity index (χ4v) is 6.22. The van der Waals surface area contributed by atoms with Gasteiger partial charge in [0.25, 0.3) is 0 Å². The largest absolute Gasteiger partial charge is 0.379 e. The van der Waals surface area contributed by atoms with E-state index in [4.69, 9.17) is 9.47 Å². The molecule has 3 aliphatic rings. The van der Waals surface area contributed by atoms with Crippen LogP contribution in [0.2, 0.25) is 0 Å². The second kappa shape index (κ2) is 9.45. The van der Waals surface area contributed by atoms with Gasteiger partial charge in [0, 0.05) is 51.5 Å². The van der Waals surface area contributed by atoms with Gasteiger partial charge in [0.15, 0.2) is 5.72 Å². The first-order valence-electron chi connectivity index (χ1n) is 12.2. The van der Waals surface area contributed by atoms with Crippen molar-refractivity contribution in [1.82, 2.24) is 15.1 Å². The Morgan fingerprint density at radius 3 is 2.67 bits per heavy atom. The maximum Gasteiger partial charge on any atom is 0.320 e. The van der Waals surface area contributed by atoms with Gasteiger partial charge in [-0.25, -0.2) is 4.79 Å². The number of likely N-dealkylation sites (tertiary alicyclic amines) is 1. The molecule has 4 atom stereocenters. The summed E-state index contributed by atoms with van der Waals surface area (Å²) in [6.45, 7) is 3.21. The number of ether oxygens (including phenoxy) is 2. The first kappa shape index (κ1) is 22.4. The Labute approximate surface area is 196 Å². The van der Waals surface area contributed by atoms with Crippen LogP contribution in [-0.2, 0) is 21.6 Å². The third-order valence-corrected chi connectivity index (χ3v) is 7.88. The zero-order chi connectivity index (χ0) is 22.8. The molecule has 176 valence electrons. The van der Waals surface area contributed by atoms with Gasteiger partial charge < -0.3 is 19.7 Å². The van der Waals surface area contributed by atoms with Crippen molar-refractivity contribution in [2.24, 2.45) is 5.92 Å². The molecule has 0 aliphatic carbocycles. The SMILES string of the molecule is COC[C@](NC(=O)N1CCC[C@@H]2CN3CCc4ccccc4[C@H]3C[C@H]21)(OC)c1ccccc1. The molecule has 1 N–H and O–H groups in total. The zero-order valence-electron chi connectivity index (χ0n) is 19.7. The van der Waals surface area contributed by atoms with E-state index in [1.807, 2.05) is 30.3 Å². The molecule has 6 heteroatoms. The molecule has 3 heterocycles. The summed E-state index contributed by atoms with van der Waals surface area (Å²) in [5.41, 5.74) is 2.78. The van der Waals surface area contributed by atoms with Gasteiger partial charge in [-0.05, 0) is 42.7 Å². The lowest BCUT2D eigenvalue weighted by molar-refractivity contribution is -0.0897. The number of rotatable bonds is 5. The van der Waals surface area contributed by atoms with Gasteiger partial charge in [0.2, 0.25) is 0 Å². The normalized spacial score (nSPS) is 26.5. The van der Waals surface area contributed by atoms with Crippen LogP contribution in [0.25, 0.3) is 0 Å². The fourth-order valence-electron chi connectivity index (χ4n) is 6.22. The molecule has 33 heavy (non-hydrogen) atoms. The van der Waals surface area contributed by atoms with Crippen LogP contribution in [0.5, 0.6) is 0 Å². The highest BCUT2D eigenvalue weighted by molar-refractivity contribution is 5.76. The van der Waals surface area contributed by atoms with Crippen LogP contribution < -0.4 is 5.32 Å². The summed E-state index contributed by atoms with van der Waals surface area (Å²) >= 11 is 0. The van der Waals surface area contributed by atoms with E-state index in [0.717, 1.165) is 44.5 Å². The highest BCUT2D eigenvalue weighted by Gasteiger charge is 2.45. The van der Waals surface area contributed by atoms with Crippen molar-refractivity contribution in [3.05, 3.63) is 71.3 Å². The summed E-state index contributed by atoms with van der Waals surface area (Å²) in [7, 11) is 3.26. The van der Waals surface area contributed by atoms with Gasteiger partial charge in [-0.15, -0.1) is 0 Å². The Balaban J connectivity index is 1.39. The summed E-state index contributed by atoms with van der Waals surface area (Å²) in [4.78, 5) is 18.5. The molecule has 2 amide bonds. The second-order valence-electron chi connectivity index (χ2n) is 9.62. The molecular formula is C27H35N3O3. The monoisotopic (exact) mass is 449 g/mol. The maximum atomic E-state index is 13.7. The number of carbonyl (C=O) groups is 1. The Bertz CT molecular complexity index is 968. The van der Waals surface area contributed by atoms with Gasteiger partial charge in [-0.1, -0.05) is 54.6 Å². The summed E-state index contributed by atoms with van der Waals surface area (Å²) < 4.78 is 11.4. The highest BCUT2D eigenvalue weighted by atomic mass is 16.5. The molecule has 0 unspecified atom stereocenters. The topological polar surface area (TPSA) is 54.0 Å². The molecule has 2 aromatic carbocycles. The third-order valence-electron chi connectivity index (χ3n) is 7.88. The fraction of sp³-hybridized carbons (Fsp3) is 0.519. The summed E-state index contributed by atoms with van der Waals surface area (Å²) in [5, 5.41) is 3.22. The van der Waals surface area contributed by atoms with E-state index in [1.165, 1.54) is 17.5 Å². The Kier molecular flexibility index (Phi) is 6.41. The second-order valence-corrected chi connectivity index (χ2v) is 9.62. The van der Waals surface area contributed by atoms with E-state index in [1.54, 1.807) is 14.2 Å². The van der Waals surface area contributed by atoms with Crippen LogP contribution in [0.3, 0.4) is 0 Å². The Morgan fingerprint density at radius 2 is 1.88 bits per heavy atom. The number of methoxy groups -OCH3 is 2. The lowest BCUT2D eigenvalue weighted by atomic mass is 9.77. The summed E-state index contributed by atoms with van der Waals surface area (Å²) in [6, 6.07) is 19.2.